The number of pyridine rings is 1. The number of hydrogen-bond acceptors (Lipinski definition) is 5. The number of carbonyl (C=O) groups is 1. The lowest BCUT2D eigenvalue weighted by Crippen LogP contribution is -2.07. The minimum atomic E-state index is -0.328. The minimum absolute atomic E-state index is 0.328. The normalized spacial score (nSPS) is 11.2. The van der Waals surface area contributed by atoms with Crippen molar-refractivity contribution in [2.75, 3.05) is 12.4 Å². The van der Waals surface area contributed by atoms with E-state index < -0.39 is 0 Å². The highest BCUT2D eigenvalue weighted by Crippen LogP contribution is 2.33. The Hall–Kier alpha value is -3.35. The van der Waals surface area contributed by atoms with E-state index in [0.29, 0.717) is 44.0 Å². The van der Waals surface area contributed by atoms with E-state index in [2.05, 4.69) is 15.3 Å². The average molecular weight is 440 g/mol. The van der Waals surface area contributed by atoms with Gasteiger partial charge in [-0.25, -0.2) is 4.98 Å². The van der Waals surface area contributed by atoms with Gasteiger partial charge in [-0.1, -0.05) is 23.2 Å². The number of carbonyl (C=O) groups excluding carboxylic acids is 1. The Morgan fingerprint density at radius 2 is 1.93 bits per heavy atom. The summed E-state index contributed by atoms with van der Waals surface area (Å²) in [5, 5.41) is 3.61. The summed E-state index contributed by atoms with van der Waals surface area (Å²) >= 11 is 12.2. The van der Waals surface area contributed by atoms with Gasteiger partial charge in [-0.05, 0) is 48.5 Å². The van der Waals surface area contributed by atoms with E-state index in [1.165, 1.54) is 13.2 Å². The molecule has 0 saturated carbocycles. The topological polar surface area (TPSA) is 77.2 Å². The van der Waals surface area contributed by atoms with E-state index in [1.54, 1.807) is 48.8 Å². The molecule has 0 aliphatic carbocycles. The Kier molecular flexibility index (Phi) is 5.70. The number of aromatic nitrogens is 2. The zero-order chi connectivity index (χ0) is 21.1. The molecule has 0 spiro atoms. The number of fused-ring (bicyclic) bond motifs is 1. The third kappa shape index (κ3) is 4.30. The largest absolute Gasteiger partial charge is 0.495 e. The van der Waals surface area contributed by atoms with E-state index in [-0.39, 0.29) is 5.91 Å². The fourth-order valence-electron chi connectivity index (χ4n) is 2.89. The number of oxazole rings is 1. The molecule has 2 heterocycles. The molecular formula is C22H15Cl2N3O3. The molecule has 2 aromatic carbocycles. The van der Waals surface area contributed by atoms with Gasteiger partial charge >= 0.3 is 0 Å². The monoisotopic (exact) mass is 439 g/mol. The lowest BCUT2D eigenvalue weighted by atomic mass is 10.2. The first-order valence-corrected chi connectivity index (χ1v) is 9.62. The molecule has 0 aliphatic rings. The van der Waals surface area contributed by atoms with Crippen LogP contribution in [0.25, 0.3) is 28.6 Å². The van der Waals surface area contributed by atoms with Gasteiger partial charge in [-0.2, -0.15) is 0 Å². The van der Waals surface area contributed by atoms with Crippen LogP contribution in [0.5, 0.6) is 5.75 Å². The quantitative estimate of drug-likeness (QED) is 0.394. The van der Waals surface area contributed by atoms with Crippen molar-refractivity contribution in [3.63, 3.8) is 0 Å². The summed E-state index contributed by atoms with van der Waals surface area (Å²) in [7, 11) is 1.50. The van der Waals surface area contributed by atoms with Crippen molar-refractivity contribution < 1.29 is 13.9 Å². The molecule has 0 atom stereocenters. The number of hydrogen-bond donors (Lipinski definition) is 1. The minimum Gasteiger partial charge on any atom is -0.495 e. The van der Waals surface area contributed by atoms with Gasteiger partial charge in [0.25, 0.3) is 0 Å². The van der Waals surface area contributed by atoms with Crippen molar-refractivity contribution in [2.45, 2.75) is 0 Å². The Labute approximate surface area is 182 Å². The number of rotatable bonds is 5. The summed E-state index contributed by atoms with van der Waals surface area (Å²) in [4.78, 5) is 20.8. The first-order chi connectivity index (χ1) is 14.5. The second kappa shape index (κ2) is 8.57. The number of ether oxygens (including phenoxy) is 1. The smallest absolute Gasteiger partial charge is 0.248 e. The third-order valence-corrected chi connectivity index (χ3v) is 4.74. The fourth-order valence-corrected chi connectivity index (χ4v) is 3.48. The summed E-state index contributed by atoms with van der Waals surface area (Å²) < 4.78 is 11.0. The molecule has 4 rings (SSSR count). The second-order valence-corrected chi connectivity index (χ2v) is 7.11. The van der Waals surface area contributed by atoms with Crippen molar-refractivity contribution in [1.82, 2.24) is 9.97 Å². The molecule has 0 fully saturated rings. The number of halogens is 2. The van der Waals surface area contributed by atoms with Gasteiger partial charge in [-0.15, -0.1) is 0 Å². The Morgan fingerprint density at radius 1 is 1.13 bits per heavy atom. The van der Waals surface area contributed by atoms with Crippen LogP contribution in [0, 0.1) is 0 Å². The van der Waals surface area contributed by atoms with Crippen LogP contribution in [0.3, 0.4) is 0 Å². The van der Waals surface area contributed by atoms with Gasteiger partial charge in [0.05, 0.1) is 12.1 Å². The van der Waals surface area contributed by atoms with E-state index in [0.717, 1.165) is 5.56 Å². The summed E-state index contributed by atoms with van der Waals surface area (Å²) in [5.74, 6) is 0.601. The van der Waals surface area contributed by atoms with Crippen molar-refractivity contribution in [2.24, 2.45) is 0 Å². The molecule has 0 unspecified atom stereocenters. The maximum atomic E-state index is 12.4. The molecule has 0 aliphatic heterocycles. The molecule has 0 bridgehead atoms. The number of nitrogens with zero attached hydrogens (tertiary/aromatic N) is 2. The van der Waals surface area contributed by atoms with Gasteiger partial charge in [0.1, 0.15) is 11.3 Å². The zero-order valence-corrected chi connectivity index (χ0v) is 17.2. The van der Waals surface area contributed by atoms with Gasteiger partial charge in [0.2, 0.25) is 11.8 Å². The number of anilines is 1. The number of methoxy groups -OCH3 is 1. The van der Waals surface area contributed by atoms with Gasteiger partial charge in [-0.3, -0.25) is 9.78 Å². The number of benzene rings is 2. The third-order valence-electron chi connectivity index (χ3n) is 4.24. The summed E-state index contributed by atoms with van der Waals surface area (Å²) in [6.45, 7) is 0. The van der Waals surface area contributed by atoms with Gasteiger partial charge in [0.15, 0.2) is 5.58 Å². The molecule has 1 amide bonds. The van der Waals surface area contributed by atoms with Crippen molar-refractivity contribution in [3.8, 4) is 17.2 Å². The molecule has 30 heavy (non-hydrogen) atoms. The summed E-state index contributed by atoms with van der Waals surface area (Å²) in [6.07, 6.45) is 6.30. The van der Waals surface area contributed by atoms with Gasteiger partial charge in [0, 0.05) is 40.3 Å². The second-order valence-electron chi connectivity index (χ2n) is 6.27. The molecule has 0 saturated heterocycles. The van der Waals surface area contributed by atoms with Crippen molar-refractivity contribution in [1.29, 1.82) is 0 Å². The predicted octanol–water partition coefficient (Wildman–Crippen LogP) is 5.86. The molecule has 4 aromatic rings. The molecule has 150 valence electrons. The highest BCUT2D eigenvalue weighted by atomic mass is 35.5. The Balaban J connectivity index is 1.53. The Bertz CT molecular complexity index is 1250. The number of amides is 1. The lowest BCUT2D eigenvalue weighted by Gasteiger charge is -2.08. The van der Waals surface area contributed by atoms with Crippen LogP contribution in [0.4, 0.5) is 5.69 Å². The molecule has 1 N–H and O–H groups in total. The van der Waals surface area contributed by atoms with Crippen LogP contribution in [-0.4, -0.2) is 23.0 Å². The predicted molar refractivity (Wildman–Crippen MR) is 118 cm³/mol. The van der Waals surface area contributed by atoms with Crippen LogP contribution >= 0.6 is 23.2 Å². The summed E-state index contributed by atoms with van der Waals surface area (Å²) in [6, 6.07) is 12.1. The molecule has 6 nitrogen and oxygen atoms in total. The average Bonchev–Trinajstić information content (AvgIpc) is 3.16. The summed E-state index contributed by atoms with van der Waals surface area (Å²) in [5.41, 5.74) is 3.26. The molecular weight excluding hydrogens is 425 g/mol. The Morgan fingerprint density at radius 3 is 2.70 bits per heavy atom. The highest BCUT2D eigenvalue weighted by molar-refractivity contribution is 6.36. The van der Waals surface area contributed by atoms with Crippen LogP contribution in [0.2, 0.25) is 10.0 Å². The SMILES string of the molecule is COc1c(Cl)cc(Cl)cc1/C=C/C(=O)Nc1ccc2oc(-c3ccncc3)nc2c1. The first-order valence-electron chi connectivity index (χ1n) is 8.86. The van der Waals surface area contributed by atoms with Crippen LogP contribution in [0.1, 0.15) is 5.56 Å². The van der Waals surface area contributed by atoms with Crippen LogP contribution in [-0.2, 0) is 4.79 Å². The zero-order valence-electron chi connectivity index (χ0n) is 15.7. The maximum Gasteiger partial charge on any atom is 0.248 e. The van der Waals surface area contributed by atoms with E-state index in [4.69, 9.17) is 32.4 Å². The van der Waals surface area contributed by atoms with Crippen molar-refractivity contribution >= 4 is 52.0 Å². The molecule has 8 heteroatoms. The van der Waals surface area contributed by atoms with Crippen LogP contribution < -0.4 is 10.1 Å². The molecule has 0 radical (unpaired) electrons. The van der Waals surface area contributed by atoms with E-state index in [1.807, 2.05) is 12.1 Å². The van der Waals surface area contributed by atoms with Crippen LogP contribution in [0.15, 0.2) is 65.4 Å². The maximum absolute atomic E-state index is 12.4. The lowest BCUT2D eigenvalue weighted by molar-refractivity contribution is -0.111. The van der Waals surface area contributed by atoms with Gasteiger partial charge < -0.3 is 14.5 Å². The highest BCUT2D eigenvalue weighted by Gasteiger charge is 2.10. The standard InChI is InChI=1S/C22H15Cl2N3O3/c1-29-21-14(10-15(23)11-17(21)24)2-5-20(28)26-16-3-4-19-18(12-16)27-22(30-19)13-6-8-25-9-7-13/h2-12H,1H3,(H,26,28)/b5-2+. The molecule has 2 aromatic heterocycles. The van der Waals surface area contributed by atoms with E-state index in [9.17, 15) is 4.79 Å². The first kappa shape index (κ1) is 19.9. The number of nitrogens with one attached hydrogen (secondary N) is 1. The van der Waals surface area contributed by atoms with Crippen molar-refractivity contribution in [3.05, 3.63) is 76.5 Å². The fraction of sp³-hybridized carbons (Fsp3) is 0.0455. The van der Waals surface area contributed by atoms with E-state index >= 15 is 0 Å².